The number of morpholine rings is 1. The van der Waals surface area contributed by atoms with Crippen LogP contribution in [-0.2, 0) is 14.6 Å². The van der Waals surface area contributed by atoms with Gasteiger partial charge in [-0.2, -0.15) is 20.2 Å². The van der Waals surface area contributed by atoms with Crippen LogP contribution in [-0.4, -0.2) is 71.1 Å². The summed E-state index contributed by atoms with van der Waals surface area (Å²) < 4.78 is 30.5. The predicted molar refractivity (Wildman–Crippen MR) is 105 cm³/mol. The number of benzene rings is 1. The lowest BCUT2D eigenvalue weighted by atomic mass is 10.1. The zero-order chi connectivity index (χ0) is 21.3. The molecule has 1 aliphatic heterocycles. The number of nitrogens with one attached hydrogen (secondary N) is 1. The topological polar surface area (TPSA) is 143 Å². The molecule has 30 heavy (non-hydrogen) atoms. The largest absolute Gasteiger partial charge is 0.378 e. The first kappa shape index (κ1) is 19.7. The molecule has 0 spiro atoms. The molecule has 11 nitrogen and oxygen atoms in total. The molecular formula is C18H17N7O4S. The molecular weight excluding hydrogens is 410 g/mol. The summed E-state index contributed by atoms with van der Waals surface area (Å²) in [7, 11) is -3.70. The summed E-state index contributed by atoms with van der Waals surface area (Å²) in [6, 6.07) is 8.60. The van der Waals surface area contributed by atoms with E-state index >= 15 is 0 Å². The SMILES string of the molecule is CS(=O)(=O)c1nc(Nc2ccc(C(=O)N3CCOCC3)cc2)n2cc(C#N)nc2n1. The highest BCUT2D eigenvalue weighted by Crippen LogP contribution is 2.19. The average molecular weight is 427 g/mol. The van der Waals surface area contributed by atoms with Crippen LogP contribution < -0.4 is 5.32 Å². The van der Waals surface area contributed by atoms with Crippen molar-refractivity contribution in [2.24, 2.45) is 0 Å². The first-order valence-corrected chi connectivity index (χ1v) is 10.9. The van der Waals surface area contributed by atoms with Gasteiger partial charge in [-0.25, -0.2) is 8.42 Å². The van der Waals surface area contributed by atoms with Gasteiger partial charge in [0.1, 0.15) is 6.07 Å². The molecule has 1 aliphatic rings. The Morgan fingerprint density at radius 2 is 1.87 bits per heavy atom. The summed E-state index contributed by atoms with van der Waals surface area (Å²) in [5.74, 6) is 0.0761. The van der Waals surface area contributed by atoms with Crippen molar-refractivity contribution in [3.8, 4) is 6.07 Å². The molecule has 1 saturated heterocycles. The van der Waals surface area contributed by atoms with Crippen molar-refractivity contribution in [3.05, 3.63) is 41.7 Å². The average Bonchev–Trinajstić information content (AvgIpc) is 3.17. The van der Waals surface area contributed by atoms with Crippen LogP contribution >= 0.6 is 0 Å². The van der Waals surface area contributed by atoms with Crippen LogP contribution in [0.1, 0.15) is 16.1 Å². The molecule has 4 rings (SSSR count). The number of fused-ring (bicyclic) bond motifs is 1. The number of nitrogens with zero attached hydrogens (tertiary/aromatic N) is 6. The van der Waals surface area contributed by atoms with Crippen molar-refractivity contribution in [2.75, 3.05) is 37.9 Å². The van der Waals surface area contributed by atoms with Gasteiger partial charge in [0.05, 0.1) is 19.4 Å². The number of hydrogen-bond acceptors (Lipinski definition) is 9. The molecule has 0 radical (unpaired) electrons. The van der Waals surface area contributed by atoms with Gasteiger partial charge in [-0.3, -0.25) is 9.20 Å². The molecule has 1 fully saturated rings. The van der Waals surface area contributed by atoms with E-state index in [1.165, 1.54) is 10.6 Å². The smallest absolute Gasteiger partial charge is 0.254 e. The molecule has 0 bridgehead atoms. The van der Waals surface area contributed by atoms with Crippen LogP contribution in [0.15, 0.2) is 35.6 Å². The molecule has 1 N–H and O–H groups in total. The molecule has 0 unspecified atom stereocenters. The summed E-state index contributed by atoms with van der Waals surface area (Å²) in [4.78, 5) is 26.2. The Balaban J connectivity index is 1.64. The lowest BCUT2D eigenvalue weighted by Gasteiger charge is -2.26. The van der Waals surface area contributed by atoms with Crippen molar-refractivity contribution in [1.82, 2.24) is 24.3 Å². The molecule has 12 heteroatoms. The maximum absolute atomic E-state index is 12.6. The zero-order valence-electron chi connectivity index (χ0n) is 15.9. The number of carbonyl (C=O) groups excluding carboxylic acids is 1. The first-order valence-electron chi connectivity index (χ1n) is 8.96. The quantitative estimate of drug-likeness (QED) is 0.633. The second-order valence-electron chi connectivity index (χ2n) is 6.62. The Kier molecular flexibility index (Phi) is 5.06. The van der Waals surface area contributed by atoms with Gasteiger partial charge in [-0.1, -0.05) is 0 Å². The molecule has 154 valence electrons. The van der Waals surface area contributed by atoms with Gasteiger partial charge in [0.25, 0.3) is 11.1 Å². The second-order valence-corrected chi connectivity index (χ2v) is 8.53. The lowest BCUT2D eigenvalue weighted by Crippen LogP contribution is -2.40. The molecule has 0 aliphatic carbocycles. The number of nitriles is 1. The summed E-state index contributed by atoms with van der Waals surface area (Å²) in [6.45, 7) is 2.14. The number of anilines is 2. The molecule has 3 aromatic rings. The van der Waals surface area contributed by atoms with Gasteiger partial charge in [0.15, 0.2) is 5.69 Å². The molecule has 1 amide bonds. The van der Waals surface area contributed by atoms with Gasteiger partial charge in [-0.15, -0.1) is 0 Å². The van der Waals surface area contributed by atoms with Crippen molar-refractivity contribution in [2.45, 2.75) is 5.16 Å². The molecule has 1 aromatic carbocycles. The summed E-state index contributed by atoms with van der Waals surface area (Å²) >= 11 is 0. The van der Waals surface area contributed by atoms with E-state index in [0.717, 1.165) is 6.26 Å². The van der Waals surface area contributed by atoms with Crippen molar-refractivity contribution in [3.63, 3.8) is 0 Å². The minimum atomic E-state index is -3.70. The Bertz CT molecular complexity index is 1260. The molecule has 2 aromatic heterocycles. The van der Waals surface area contributed by atoms with Crippen molar-refractivity contribution in [1.29, 1.82) is 5.26 Å². The van der Waals surface area contributed by atoms with E-state index in [0.29, 0.717) is 37.6 Å². The number of imidazole rings is 1. The number of aromatic nitrogens is 4. The Labute approximate surface area is 171 Å². The van der Waals surface area contributed by atoms with Crippen LogP contribution in [0.25, 0.3) is 5.78 Å². The minimum absolute atomic E-state index is 0.0311. The number of rotatable bonds is 4. The summed E-state index contributed by atoms with van der Waals surface area (Å²) in [5, 5.41) is 11.7. The van der Waals surface area contributed by atoms with E-state index in [-0.39, 0.29) is 23.3 Å². The van der Waals surface area contributed by atoms with Gasteiger partial charge in [-0.05, 0) is 24.3 Å². The third-order valence-electron chi connectivity index (χ3n) is 4.45. The van der Waals surface area contributed by atoms with E-state index in [9.17, 15) is 13.2 Å². The third-order valence-corrected chi connectivity index (χ3v) is 5.29. The van der Waals surface area contributed by atoms with E-state index in [1.54, 1.807) is 29.2 Å². The van der Waals surface area contributed by atoms with E-state index in [1.807, 2.05) is 6.07 Å². The Morgan fingerprint density at radius 3 is 2.50 bits per heavy atom. The Morgan fingerprint density at radius 1 is 1.17 bits per heavy atom. The fraction of sp³-hybridized carbons (Fsp3) is 0.278. The second kappa shape index (κ2) is 7.69. The van der Waals surface area contributed by atoms with Gasteiger partial charge in [0, 0.05) is 30.6 Å². The fourth-order valence-corrected chi connectivity index (χ4v) is 3.44. The van der Waals surface area contributed by atoms with Crippen LogP contribution in [0.4, 0.5) is 11.6 Å². The third kappa shape index (κ3) is 3.93. The normalized spacial score (nSPS) is 14.5. The monoisotopic (exact) mass is 427 g/mol. The molecule has 0 saturated carbocycles. The molecule has 3 heterocycles. The van der Waals surface area contributed by atoms with Gasteiger partial charge >= 0.3 is 0 Å². The minimum Gasteiger partial charge on any atom is -0.378 e. The van der Waals surface area contributed by atoms with Gasteiger partial charge < -0.3 is 15.0 Å². The highest BCUT2D eigenvalue weighted by molar-refractivity contribution is 7.90. The maximum atomic E-state index is 12.6. The summed E-state index contributed by atoms with van der Waals surface area (Å²) in [5.41, 5.74) is 1.17. The highest BCUT2D eigenvalue weighted by atomic mass is 32.2. The van der Waals surface area contributed by atoms with Crippen molar-refractivity contribution >= 4 is 33.2 Å². The number of sulfone groups is 1. The predicted octanol–water partition coefficient (Wildman–Crippen LogP) is 0.615. The number of amides is 1. The first-order chi connectivity index (χ1) is 14.3. The lowest BCUT2D eigenvalue weighted by molar-refractivity contribution is 0.0303. The van der Waals surface area contributed by atoms with E-state index < -0.39 is 15.0 Å². The Hall–Kier alpha value is -3.56. The standard InChI is InChI=1S/C18H17N7O4S/c1-30(27,28)18-22-16(25-11-14(10-19)21-17(25)23-18)20-13-4-2-12(3-5-13)15(26)24-6-8-29-9-7-24/h2-5,11H,6-9H2,1H3,(H,20,21,22,23). The van der Waals surface area contributed by atoms with Crippen molar-refractivity contribution < 1.29 is 17.9 Å². The van der Waals surface area contributed by atoms with Crippen LogP contribution in [0.2, 0.25) is 0 Å². The van der Waals surface area contributed by atoms with E-state index in [2.05, 4.69) is 20.3 Å². The number of carbonyl (C=O) groups is 1. The van der Waals surface area contributed by atoms with E-state index in [4.69, 9.17) is 10.00 Å². The highest BCUT2D eigenvalue weighted by Gasteiger charge is 2.20. The van der Waals surface area contributed by atoms with Crippen LogP contribution in [0.5, 0.6) is 0 Å². The van der Waals surface area contributed by atoms with Crippen LogP contribution in [0.3, 0.4) is 0 Å². The number of ether oxygens (including phenoxy) is 1. The van der Waals surface area contributed by atoms with Crippen LogP contribution in [0, 0.1) is 11.3 Å². The van der Waals surface area contributed by atoms with Gasteiger partial charge in [0.2, 0.25) is 21.6 Å². The summed E-state index contributed by atoms with van der Waals surface area (Å²) in [6.07, 6.45) is 2.39. The maximum Gasteiger partial charge on any atom is 0.254 e. The molecule has 0 atom stereocenters. The number of hydrogen-bond donors (Lipinski definition) is 1. The fourth-order valence-electron chi connectivity index (χ4n) is 2.94. The zero-order valence-corrected chi connectivity index (χ0v) is 16.8.